The summed E-state index contributed by atoms with van der Waals surface area (Å²) in [6, 6.07) is 15.0. The maximum Gasteiger partial charge on any atom is 0.323 e. The number of hydrogen-bond donors (Lipinski definition) is 4. The Morgan fingerprint density at radius 1 is 0.895 bits per heavy atom. The van der Waals surface area contributed by atoms with Gasteiger partial charge in [-0.25, -0.2) is 4.79 Å². The Morgan fingerprint density at radius 2 is 1.53 bits per heavy atom. The molecule has 0 bridgehead atoms. The molecule has 0 fully saturated rings. The third kappa shape index (κ3) is 3.54. The molecular formula is C14H14N2O3. The number of amides is 2. The zero-order chi connectivity index (χ0) is 13.7. The molecule has 5 heteroatoms. The fourth-order valence-electron chi connectivity index (χ4n) is 1.64. The average molecular weight is 258 g/mol. The number of anilines is 2. The van der Waals surface area contributed by atoms with Crippen molar-refractivity contribution in [1.29, 1.82) is 0 Å². The molecule has 0 atom stereocenters. The lowest BCUT2D eigenvalue weighted by atomic mass is 10.1. The van der Waals surface area contributed by atoms with Crippen molar-refractivity contribution in [2.24, 2.45) is 0 Å². The van der Waals surface area contributed by atoms with Gasteiger partial charge in [-0.1, -0.05) is 36.4 Å². The minimum absolute atomic E-state index is 0.241. The number of hydrogen-bond acceptors (Lipinski definition) is 3. The first kappa shape index (κ1) is 13.1. The largest absolute Gasteiger partial charge is 0.364 e. The van der Waals surface area contributed by atoms with Crippen molar-refractivity contribution in [3.05, 3.63) is 60.2 Å². The molecule has 0 unspecified atom stereocenters. The van der Waals surface area contributed by atoms with Crippen molar-refractivity contribution in [3.63, 3.8) is 0 Å². The van der Waals surface area contributed by atoms with Crippen molar-refractivity contribution in [1.82, 2.24) is 0 Å². The number of carbonyl (C=O) groups is 1. The normalized spacial score (nSPS) is 10.3. The number of nitrogens with one attached hydrogen (secondary N) is 2. The second-order valence-electron chi connectivity index (χ2n) is 3.91. The molecule has 0 heterocycles. The standard InChI is InChI=1S/C14H14N2O3/c17-13(18)11-8-4-5-9-12(11)16-14(19)15-10-6-2-1-3-7-10/h1-9,13,17-18H,(H2,15,16,19). The van der Waals surface area contributed by atoms with Crippen LogP contribution in [0, 0.1) is 0 Å². The van der Waals surface area contributed by atoms with Gasteiger partial charge in [-0.3, -0.25) is 0 Å². The number of para-hydroxylation sites is 2. The van der Waals surface area contributed by atoms with Crippen LogP contribution in [0.5, 0.6) is 0 Å². The summed E-state index contributed by atoms with van der Waals surface area (Å²) in [6.45, 7) is 0. The van der Waals surface area contributed by atoms with Crippen LogP contribution in [0.3, 0.4) is 0 Å². The highest BCUT2D eigenvalue weighted by Crippen LogP contribution is 2.21. The monoisotopic (exact) mass is 258 g/mol. The molecule has 0 spiro atoms. The summed E-state index contributed by atoms with van der Waals surface area (Å²) in [4.78, 5) is 11.8. The lowest BCUT2D eigenvalue weighted by Gasteiger charge is -2.12. The lowest BCUT2D eigenvalue weighted by molar-refractivity contribution is -0.0418. The van der Waals surface area contributed by atoms with Gasteiger partial charge < -0.3 is 20.8 Å². The number of rotatable bonds is 3. The molecule has 4 N–H and O–H groups in total. The van der Waals surface area contributed by atoms with Crippen LogP contribution in [-0.2, 0) is 0 Å². The maximum atomic E-state index is 11.8. The first-order chi connectivity index (χ1) is 9.16. The molecule has 5 nitrogen and oxygen atoms in total. The summed E-state index contributed by atoms with van der Waals surface area (Å²) >= 11 is 0. The van der Waals surface area contributed by atoms with Crippen molar-refractivity contribution >= 4 is 17.4 Å². The molecule has 2 rings (SSSR count). The van der Waals surface area contributed by atoms with Gasteiger partial charge in [0, 0.05) is 11.3 Å². The van der Waals surface area contributed by atoms with Crippen LogP contribution >= 0.6 is 0 Å². The summed E-state index contributed by atoms with van der Waals surface area (Å²) in [7, 11) is 0. The molecule has 0 saturated carbocycles. The highest BCUT2D eigenvalue weighted by molar-refractivity contribution is 6.00. The van der Waals surface area contributed by atoms with E-state index in [9.17, 15) is 15.0 Å². The van der Waals surface area contributed by atoms with Gasteiger partial charge in [0.25, 0.3) is 0 Å². The lowest BCUT2D eigenvalue weighted by Crippen LogP contribution is -2.20. The Kier molecular flexibility index (Phi) is 4.12. The van der Waals surface area contributed by atoms with E-state index in [2.05, 4.69) is 10.6 Å². The number of aliphatic hydroxyl groups excluding tert-OH is 1. The molecule has 2 aromatic carbocycles. The minimum Gasteiger partial charge on any atom is -0.364 e. The second-order valence-corrected chi connectivity index (χ2v) is 3.91. The summed E-state index contributed by atoms with van der Waals surface area (Å²) < 4.78 is 0. The molecule has 98 valence electrons. The highest BCUT2D eigenvalue weighted by Gasteiger charge is 2.10. The van der Waals surface area contributed by atoms with E-state index in [1.807, 2.05) is 6.07 Å². The third-order valence-electron chi connectivity index (χ3n) is 2.52. The molecule has 0 saturated heterocycles. The summed E-state index contributed by atoms with van der Waals surface area (Å²) in [5, 5.41) is 23.6. The molecule has 0 aliphatic carbocycles. The molecule has 2 amide bonds. The van der Waals surface area contributed by atoms with E-state index in [0.29, 0.717) is 11.4 Å². The molecular weight excluding hydrogens is 244 g/mol. The van der Waals surface area contributed by atoms with Gasteiger partial charge in [-0.05, 0) is 18.2 Å². The van der Waals surface area contributed by atoms with Gasteiger partial charge in [0.05, 0.1) is 5.69 Å². The number of urea groups is 1. The van der Waals surface area contributed by atoms with Crippen LogP contribution in [0.15, 0.2) is 54.6 Å². The molecule has 0 aliphatic heterocycles. The van der Waals surface area contributed by atoms with E-state index in [-0.39, 0.29) is 5.56 Å². The minimum atomic E-state index is -1.63. The van der Waals surface area contributed by atoms with Crippen LogP contribution in [0.1, 0.15) is 11.9 Å². The Balaban J connectivity index is 2.07. The Morgan fingerprint density at radius 3 is 2.21 bits per heavy atom. The van der Waals surface area contributed by atoms with Gasteiger partial charge >= 0.3 is 6.03 Å². The van der Waals surface area contributed by atoms with Crippen molar-refractivity contribution < 1.29 is 15.0 Å². The van der Waals surface area contributed by atoms with Gasteiger partial charge in [-0.15, -0.1) is 0 Å². The molecule has 0 aromatic heterocycles. The predicted molar refractivity (Wildman–Crippen MR) is 72.7 cm³/mol. The smallest absolute Gasteiger partial charge is 0.323 e. The number of benzene rings is 2. The fourth-order valence-corrected chi connectivity index (χ4v) is 1.64. The number of aliphatic hydroxyl groups is 2. The average Bonchev–Trinajstić information content (AvgIpc) is 2.40. The van der Waals surface area contributed by atoms with Crippen molar-refractivity contribution in [2.45, 2.75) is 6.29 Å². The van der Waals surface area contributed by atoms with E-state index in [1.54, 1.807) is 42.5 Å². The first-order valence-corrected chi connectivity index (χ1v) is 5.75. The Labute approximate surface area is 110 Å². The topological polar surface area (TPSA) is 81.6 Å². The first-order valence-electron chi connectivity index (χ1n) is 5.75. The second kappa shape index (κ2) is 5.99. The van der Waals surface area contributed by atoms with E-state index in [0.717, 1.165) is 0 Å². The Bertz CT molecular complexity index is 556. The van der Waals surface area contributed by atoms with Gasteiger partial charge in [0.1, 0.15) is 0 Å². The summed E-state index contributed by atoms with van der Waals surface area (Å²) in [5.41, 5.74) is 1.25. The van der Waals surface area contributed by atoms with Crippen LogP contribution in [-0.4, -0.2) is 16.2 Å². The SMILES string of the molecule is O=C(Nc1ccccc1)Nc1ccccc1C(O)O. The zero-order valence-corrected chi connectivity index (χ0v) is 10.1. The van der Waals surface area contributed by atoms with Gasteiger partial charge in [0.2, 0.25) is 0 Å². The van der Waals surface area contributed by atoms with Crippen molar-refractivity contribution in [2.75, 3.05) is 10.6 Å². The molecule has 0 radical (unpaired) electrons. The zero-order valence-electron chi connectivity index (χ0n) is 10.1. The molecule has 19 heavy (non-hydrogen) atoms. The quantitative estimate of drug-likeness (QED) is 0.638. The van der Waals surface area contributed by atoms with Crippen LogP contribution < -0.4 is 10.6 Å². The fraction of sp³-hybridized carbons (Fsp3) is 0.0714. The Hall–Kier alpha value is -2.37. The summed E-state index contributed by atoms with van der Waals surface area (Å²) in [6.07, 6.45) is -1.63. The van der Waals surface area contributed by atoms with Crippen molar-refractivity contribution in [3.8, 4) is 0 Å². The van der Waals surface area contributed by atoms with Gasteiger partial charge in [-0.2, -0.15) is 0 Å². The van der Waals surface area contributed by atoms with Gasteiger partial charge in [0.15, 0.2) is 6.29 Å². The van der Waals surface area contributed by atoms with E-state index < -0.39 is 12.3 Å². The van der Waals surface area contributed by atoms with E-state index in [1.165, 1.54) is 6.07 Å². The van der Waals surface area contributed by atoms with Crippen LogP contribution in [0.2, 0.25) is 0 Å². The summed E-state index contributed by atoms with van der Waals surface area (Å²) in [5.74, 6) is 0. The number of carbonyl (C=O) groups excluding carboxylic acids is 1. The van der Waals surface area contributed by atoms with Crippen LogP contribution in [0.25, 0.3) is 0 Å². The van der Waals surface area contributed by atoms with E-state index >= 15 is 0 Å². The molecule has 2 aromatic rings. The molecule has 0 aliphatic rings. The predicted octanol–water partition coefficient (Wildman–Crippen LogP) is 2.31. The highest BCUT2D eigenvalue weighted by atomic mass is 16.5. The van der Waals surface area contributed by atoms with Crippen LogP contribution in [0.4, 0.5) is 16.2 Å². The third-order valence-corrected chi connectivity index (χ3v) is 2.52. The maximum absolute atomic E-state index is 11.8. The van der Waals surface area contributed by atoms with E-state index in [4.69, 9.17) is 0 Å².